The van der Waals surface area contributed by atoms with Crippen LogP contribution in [0.15, 0.2) is 0 Å². The van der Waals surface area contributed by atoms with E-state index >= 15 is 0 Å². The van der Waals surface area contributed by atoms with Crippen LogP contribution in [-0.4, -0.2) is 41.2 Å². The van der Waals surface area contributed by atoms with Crippen LogP contribution in [-0.2, 0) is 4.79 Å². The summed E-state index contributed by atoms with van der Waals surface area (Å²) in [5.41, 5.74) is 0. The minimum Gasteiger partial charge on any atom is -0.351 e. The Labute approximate surface area is 90.6 Å². The molecule has 2 heterocycles. The van der Waals surface area contributed by atoms with Crippen LogP contribution in [0.1, 0.15) is 26.2 Å². The maximum Gasteiger partial charge on any atom is 0.232 e. The van der Waals surface area contributed by atoms with E-state index in [2.05, 4.69) is 22.8 Å². The van der Waals surface area contributed by atoms with Crippen LogP contribution in [0.3, 0.4) is 0 Å². The van der Waals surface area contributed by atoms with Gasteiger partial charge in [-0.15, -0.1) is 0 Å². The number of hydrogen-bond donors (Lipinski definition) is 2. The molecule has 0 radical (unpaired) electrons. The predicted octanol–water partition coefficient (Wildman–Crippen LogP) is 0.658. The van der Waals surface area contributed by atoms with Gasteiger partial charge in [-0.1, -0.05) is 0 Å². The SMILES string of the molecule is CC(S)C(=O)NC1CCN2CCCC12. The van der Waals surface area contributed by atoms with Crippen molar-refractivity contribution < 1.29 is 4.79 Å². The zero-order valence-corrected chi connectivity index (χ0v) is 9.46. The molecule has 80 valence electrons. The Hall–Kier alpha value is -0.220. The summed E-state index contributed by atoms with van der Waals surface area (Å²) >= 11 is 4.14. The highest BCUT2D eigenvalue weighted by Gasteiger charge is 2.37. The van der Waals surface area contributed by atoms with Gasteiger partial charge in [-0.2, -0.15) is 12.6 Å². The van der Waals surface area contributed by atoms with E-state index in [1.807, 2.05) is 6.92 Å². The summed E-state index contributed by atoms with van der Waals surface area (Å²) in [5.74, 6) is 0.0760. The van der Waals surface area contributed by atoms with Crippen molar-refractivity contribution in [3.05, 3.63) is 0 Å². The van der Waals surface area contributed by atoms with Gasteiger partial charge in [0.15, 0.2) is 0 Å². The lowest BCUT2D eigenvalue weighted by molar-refractivity contribution is -0.121. The summed E-state index contributed by atoms with van der Waals surface area (Å²) in [4.78, 5) is 14.0. The molecule has 3 atom stereocenters. The summed E-state index contributed by atoms with van der Waals surface area (Å²) in [7, 11) is 0. The number of carbonyl (C=O) groups is 1. The van der Waals surface area contributed by atoms with Gasteiger partial charge in [0.1, 0.15) is 0 Å². The first-order chi connectivity index (χ1) is 6.68. The summed E-state index contributed by atoms with van der Waals surface area (Å²) in [6.45, 7) is 4.18. The number of amides is 1. The molecule has 2 fully saturated rings. The van der Waals surface area contributed by atoms with Crippen molar-refractivity contribution >= 4 is 18.5 Å². The van der Waals surface area contributed by atoms with Gasteiger partial charge >= 0.3 is 0 Å². The van der Waals surface area contributed by atoms with Crippen molar-refractivity contribution in [2.45, 2.75) is 43.5 Å². The lowest BCUT2D eigenvalue weighted by atomic mass is 10.1. The molecule has 0 saturated carbocycles. The number of nitrogens with zero attached hydrogens (tertiary/aromatic N) is 1. The number of hydrogen-bond acceptors (Lipinski definition) is 3. The topological polar surface area (TPSA) is 32.3 Å². The highest BCUT2D eigenvalue weighted by atomic mass is 32.1. The van der Waals surface area contributed by atoms with Gasteiger partial charge in [0.2, 0.25) is 5.91 Å². The van der Waals surface area contributed by atoms with E-state index in [-0.39, 0.29) is 11.2 Å². The Balaban J connectivity index is 1.90. The summed E-state index contributed by atoms with van der Waals surface area (Å²) in [6.07, 6.45) is 3.64. The minimum absolute atomic E-state index is 0.0760. The number of thiol groups is 1. The molecule has 3 nitrogen and oxygen atoms in total. The van der Waals surface area contributed by atoms with Gasteiger partial charge in [0, 0.05) is 18.6 Å². The number of rotatable bonds is 2. The van der Waals surface area contributed by atoms with Crippen LogP contribution in [0.5, 0.6) is 0 Å². The van der Waals surface area contributed by atoms with E-state index in [0.29, 0.717) is 12.1 Å². The maximum absolute atomic E-state index is 11.5. The van der Waals surface area contributed by atoms with Crippen molar-refractivity contribution in [2.75, 3.05) is 13.1 Å². The van der Waals surface area contributed by atoms with E-state index in [1.54, 1.807) is 0 Å². The smallest absolute Gasteiger partial charge is 0.232 e. The van der Waals surface area contributed by atoms with Crippen molar-refractivity contribution in [3.8, 4) is 0 Å². The monoisotopic (exact) mass is 214 g/mol. The Kier molecular flexibility index (Phi) is 3.02. The molecule has 0 spiro atoms. The molecule has 3 unspecified atom stereocenters. The average Bonchev–Trinajstić information content (AvgIpc) is 2.69. The molecule has 2 aliphatic rings. The lowest BCUT2D eigenvalue weighted by Gasteiger charge is -2.21. The molecule has 0 aromatic heterocycles. The van der Waals surface area contributed by atoms with Gasteiger partial charge in [-0.3, -0.25) is 9.69 Å². The molecule has 2 saturated heterocycles. The molecule has 4 heteroatoms. The van der Waals surface area contributed by atoms with E-state index in [1.165, 1.54) is 19.4 Å². The third-order valence-electron chi connectivity index (χ3n) is 3.31. The van der Waals surface area contributed by atoms with Gasteiger partial charge in [0.05, 0.1) is 5.25 Å². The summed E-state index contributed by atoms with van der Waals surface area (Å²) in [6, 6.07) is 0.977. The fourth-order valence-corrected chi connectivity index (χ4v) is 2.63. The van der Waals surface area contributed by atoms with Crippen molar-refractivity contribution in [1.82, 2.24) is 10.2 Å². The van der Waals surface area contributed by atoms with E-state index < -0.39 is 0 Å². The number of carbonyl (C=O) groups excluding carboxylic acids is 1. The second-order valence-electron chi connectivity index (χ2n) is 4.33. The minimum atomic E-state index is -0.189. The zero-order valence-electron chi connectivity index (χ0n) is 8.57. The Morgan fingerprint density at radius 3 is 3.00 bits per heavy atom. The largest absolute Gasteiger partial charge is 0.351 e. The van der Waals surface area contributed by atoms with Crippen LogP contribution in [0.25, 0.3) is 0 Å². The molecule has 0 aromatic carbocycles. The zero-order chi connectivity index (χ0) is 10.1. The third kappa shape index (κ3) is 1.91. The maximum atomic E-state index is 11.5. The summed E-state index contributed by atoms with van der Waals surface area (Å²) < 4.78 is 0. The first-order valence-electron chi connectivity index (χ1n) is 5.41. The average molecular weight is 214 g/mol. The number of nitrogens with one attached hydrogen (secondary N) is 1. The second kappa shape index (κ2) is 4.11. The highest BCUT2D eigenvalue weighted by Crippen LogP contribution is 2.27. The third-order valence-corrected chi connectivity index (χ3v) is 3.55. The van der Waals surface area contributed by atoms with Gasteiger partial charge in [0.25, 0.3) is 0 Å². The molecule has 0 aliphatic carbocycles. The fourth-order valence-electron chi connectivity index (χ4n) is 2.55. The second-order valence-corrected chi connectivity index (χ2v) is 5.10. The van der Waals surface area contributed by atoms with Crippen LogP contribution >= 0.6 is 12.6 Å². The number of fused-ring (bicyclic) bond motifs is 1. The molecule has 2 aliphatic heterocycles. The standard InChI is InChI=1S/C10H18N2OS/c1-7(14)10(13)11-8-4-6-12-5-2-3-9(8)12/h7-9,14H,2-6H2,1H3,(H,11,13). The van der Waals surface area contributed by atoms with Crippen molar-refractivity contribution in [1.29, 1.82) is 0 Å². The molecule has 1 N–H and O–H groups in total. The van der Waals surface area contributed by atoms with Crippen LogP contribution < -0.4 is 5.32 Å². The predicted molar refractivity (Wildman–Crippen MR) is 59.6 cm³/mol. The van der Waals surface area contributed by atoms with Gasteiger partial charge in [-0.05, 0) is 32.7 Å². The van der Waals surface area contributed by atoms with Crippen LogP contribution in [0.4, 0.5) is 0 Å². The quantitative estimate of drug-likeness (QED) is 0.662. The molecule has 0 aromatic rings. The first-order valence-corrected chi connectivity index (χ1v) is 5.92. The van der Waals surface area contributed by atoms with Crippen molar-refractivity contribution in [2.24, 2.45) is 0 Å². The van der Waals surface area contributed by atoms with Gasteiger partial charge < -0.3 is 5.32 Å². The lowest BCUT2D eigenvalue weighted by Crippen LogP contribution is -2.44. The summed E-state index contributed by atoms with van der Waals surface area (Å²) in [5, 5.41) is 2.90. The van der Waals surface area contributed by atoms with Gasteiger partial charge in [-0.25, -0.2) is 0 Å². The van der Waals surface area contributed by atoms with Crippen molar-refractivity contribution in [3.63, 3.8) is 0 Å². The Morgan fingerprint density at radius 2 is 2.29 bits per heavy atom. The van der Waals surface area contributed by atoms with E-state index in [9.17, 15) is 4.79 Å². The van der Waals surface area contributed by atoms with E-state index in [0.717, 1.165) is 13.0 Å². The molecular weight excluding hydrogens is 196 g/mol. The molecule has 2 rings (SSSR count). The van der Waals surface area contributed by atoms with Crippen LogP contribution in [0, 0.1) is 0 Å². The highest BCUT2D eigenvalue weighted by molar-refractivity contribution is 7.81. The Bertz CT molecular complexity index is 232. The molecule has 14 heavy (non-hydrogen) atoms. The first kappa shape index (κ1) is 10.3. The molecular formula is C10H18N2OS. The molecule has 1 amide bonds. The normalized spacial score (nSPS) is 34.1. The fraction of sp³-hybridized carbons (Fsp3) is 0.900. The van der Waals surface area contributed by atoms with E-state index in [4.69, 9.17) is 0 Å². The molecule has 0 bridgehead atoms. The Morgan fingerprint density at radius 1 is 1.50 bits per heavy atom. The van der Waals surface area contributed by atoms with Crippen LogP contribution in [0.2, 0.25) is 0 Å².